The number of nitrogens with one attached hydrogen (secondary N) is 1. The first-order chi connectivity index (χ1) is 10.7. The second kappa shape index (κ2) is 7.23. The van der Waals surface area contributed by atoms with E-state index in [0.29, 0.717) is 11.1 Å². The molecule has 2 rings (SSSR count). The molecule has 0 bridgehead atoms. The number of allylic oxidation sites excluding steroid dienone is 1. The number of hydrogen-bond acceptors (Lipinski definition) is 3. The highest BCUT2D eigenvalue weighted by Gasteiger charge is 2.16. The highest BCUT2D eigenvalue weighted by molar-refractivity contribution is 5.93. The lowest BCUT2D eigenvalue weighted by Crippen LogP contribution is -2.28. The Morgan fingerprint density at radius 3 is 2.82 bits per heavy atom. The summed E-state index contributed by atoms with van der Waals surface area (Å²) in [5.74, 6) is -0.235. The van der Waals surface area contributed by atoms with Crippen LogP contribution >= 0.6 is 0 Å². The summed E-state index contributed by atoms with van der Waals surface area (Å²) < 4.78 is 1.68. The van der Waals surface area contributed by atoms with Gasteiger partial charge >= 0.3 is 0 Å². The lowest BCUT2D eigenvalue weighted by molar-refractivity contribution is -0.117. The third-order valence-corrected chi connectivity index (χ3v) is 3.23. The molecule has 2 aromatic rings. The van der Waals surface area contributed by atoms with Crippen molar-refractivity contribution in [2.45, 2.75) is 26.3 Å². The summed E-state index contributed by atoms with van der Waals surface area (Å²) in [5.41, 5.74) is 2.17. The van der Waals surface area contributed by atoms with Crippen molar-refractivity contribution in [1.82, 2.24) is 15.1 Å². The van der Waals surface area contributed by atoms with Crippen LogP contribution in [0.5, 0.6) is 0 Å². The van der Waals surface area contributed by atoms with Gasteiger partial charge in [0.2, 0.25) is 5.91 Å². The minimum absolute atomic E-state index is 0.235. The highest BCUT2D eigenvalue weighted by atomic mass is 16.1. The number of carbonyl (C=O) groups is 1. The fourth-order valence-corrected chi connectivity index (χ4v) is 2.04. The third kappa shape index (κ3) is 3.61. The summed E-state index contributed by atoms with van der Waals surface area (Å²) >= 11 is 0. The monoisotopic (exact) mass is 294 g/mol. The zero-order valence-electron chi connectivity index (χ0n) is 12.7. The van der Waals surface area contributed by atoms with E-state index in [9.17, 15) is 10.1 Å². The smallest absolute Gasteiger partial charge is 0.247 e. The molecule has 1 amide bonds. The normalized spacial score (nSPS) is 12.5. The molecule has 0 aliphatic heterocycles. The van der Waals surface area contributed by atoms with Crippen molar-refractivity contribution in [1.29, 1.82) is 5.26 Å². The maximum atomic E-state index is 12.0. The van der Waals surface area contributed by atoms with E-state index < -0.39 is 6.04 Å². The fraction of sp³-hybridized carbons (Fsp3) is 0.235. The van der Waals surface area contributed by atoms with Crippen molar-refractivity contribution in [2.75, 3.05) is 0 Å². The predicted molar refractivity (Wildman–Crippen MR) is 84.1 cm³/mol. The topological polar surface area (TPSA) is 70.7 Å². The molecule has 5 nitrogen and oxygen atoms in total. The number of carbonyl (C=O) groups excluding carboxylic acids is 1. The number of para-hydroxylation sites is 1. The zero-order chi connectivity index (χ0) is 15.9. The van der Waals surface area contributed by atoms with Crippen LogP contribution in [0.3, 0.4) is 0 Å². The number of amides is 1. The Morgan fingerprint density at radius 1 is 1.45 bits per heavy atom. The van der Waals surface area contributed by atoms with Crippen LogP contribution in [0.4, 0.5) is 0 Å². The van der Waals surface area contributed by atoms with Gasteiger partial charge in [0.05, 0.1) is 18.0 Å². The van der Waals surface area contributed by atoms with Gasteiger partial charge in [0, 0.05) is 17.3 Å². The second-order valence-electron chi connectivity index (χ2n) is 4.88. The number of benzene rings is 1. The van der Waals surface area contributed by atoms with Crippen LogP contribution in [-0.2, 0) is 4.79 Å². The maximum absolute atomic E-state index is 12.0. The van der Waals surface area contributed by atoms with Crippen LogP contribution in [0.25, 0.3) is 5.69 Å². The second-order valence-corrected chi connectivity index (χ2v) is 4.88. The molecular formula is C17H18N4O. The fourth-order valence-electron chi connectivity index (χ4n) is 2.04. The first-order valence-electron chi connectivity index (χ1n) is 7.13. The minimum atomic E-state index is -0.717. The van der Waals surface area contributed by atoms with Crippen molar-refractivity contribution in [3.05, 3.63) is 59.9 Å². The Bertz CT molecular complexity index is 710. The number of nitriles is 1. The van der Waals surface area contributed by atoms with Gasteiger partial charge in [-0.1, -0.05) is 31.2 Å². The van der Waals surface area contributed by atoms with E-state index in [1.54, 1.807) is 24.0 Å². The van der Waals surface area contributed by atoms with Crippen LogP contribution < -0.4 is 5.32 Å². The van der Waals surface area contributed by atoms with E-state index in [1.807, 2.05) is 43.3 Å². The van der Waals surface area contributed by atoms with Gasteiger partial charge in [-0.3, -0.25) is 4.79 Å². The van der Waals surface area contributed by atoms with Crippen LogP contribution in [0.1, 0.15) is 31.9 Å². The summed E-state index contributed by atoms with van der Waals surface area (Å²) in [6, 6.07) is 11.0. The largest absolute Gasteiger partial charge is 0.333 e. The minimum Gasteiger partial charge on any atom is -0.333 e. The Labute approximate surface area is 129 Å². The molecule has 1 atom stereocenters. The molecule has 0 spiro atoms. The average Bonchev–Trinajstić information content (AvgIpc) is 3.03. The van der Waals surface area contributed by atoms with Gasteiger partial charge in [0.15, 0.2) is 0 Å². The molecule has 0 saturated carbocycles. The Balaban J connectivity index is 2.16. The summed E-state index contributed by atoms with van der Waals surface area (Å²) in [5, 5.41) is 16.3. The Morgan fingerprint density at radius 2 is 2.18 bits per heavy atom. The van der Waals surface area contributed by atoms with Gasteiger partial charge in [-0.15, -0.1) is 0 Å². The molecule has 5 heteroatoms. The van der Waals surface area contributed by atoms with Gasteiger partial charge in [-0.2, -0.15) is 10.4 Å². The molecule has 0 aliphatic carbocycles. The van der Waals surface area contributed by atoms with E-state index >= 15 is 0 Å². The Hall–Kier alpha value is -2.87. The van der Waals surface area contributed by atoms with Crippen molar-refractivity contribution >= 4 is 5.91 Å². The Kier molecular flexibility index (Phi) is 5.10. The van der Waals surface area contributed by atoms with Gasteiger partial charge in [-0.25, -0.2) is 4.68 Å². The van der Waals surface area contributed by atoms with E-state index in [2.05, 4.69) is 16.5 Å². The lowest BCUT2D eigenvalue weighted by Gasteiger charge is -2.10. The van der Waals surface area contributed by atoms with E-state index in [-0.39, 0.29) is 5.91 Å². The molecule has 112 valence electrons. The number of hydrogen-bond donors (Lipinski definition) is 1. The molecule has 1 unspecified atom stereocenters. The quantitative estimate of drug-likeness (QED) is 0.862. The summed E-state index contributed by atoms with van der Waals surface area (Å²) in [6.45, 7) is 3.70. The summed E-state index contributed by atoms with van der Waals surface area (Å²) in [7, 11) is 0. The van der Waals surface area contributed by atoms with Crippen LogP contribution in [0.2, 0.25) is 0 Å². The summed E-state index contributed by atoms with van der Waals surface area (Å²) in [4.78, 5) is 12.0. The standard InChI is InChI=1S/C17H18N4O/c1-3-7-13(2)17(22)20-16(10-18)14-11-19-21(12-14)15-8-5-4-6-9-15/h4-9,11-12,16H,3H2,1-2H3,(H,20,22)/b13-7-. The zero-order valence-corrected chi connectivity index (χ0v) is 12.7. The molecule has 0 fully saturated rings. The average molecular weight is 294 g/mol. The van der Waals surface area contributed by atoms with Crippen molar-refractivity contribution in [3.63, 3.8) is 0 Å². The van der Waals surface area contributed by atoms with Gasteiger partial charge in [-0.05, 0) is 25.5 Å². The van der Waals surface area contributed by atoms with Gasteiger partial charge < -0.3 is 5.32 Å². The highest BCUT2D eigenvalue weighted by Crippen LogP contribution is 2.15. The van der Waals surface area contributed by atoms with Crippen molar-refractivity contribution < 1.29 is 4.79 Å². The SMILES string of the molecule is CC/C=C(/C)C(=O)NC(C#N)c1cnn(-c2ccccc2)c1. The van der Waals surface area contributed by atoms with Gasteiger partial charge in [0.1, 0.15) is 6.04 Å². The number of nitrogens with zero attached hydrogens (tertiary/aromatic N) is 3. The van der Waals surface area contributed by atoms with E-state index in [0.717, 1.165) is 12.1 Å². The molecule has 1 heterocycles. The van der Waals surface area contributed by atoms with E-state index in [4.69, 9.17) is 0 Å². The van der Waals surface area contributed by atoms with Crippen molar-refractivity contribution in [3.8, 4) is 11.8 Å². The molecule has 0 aliphatic rings. The molecule has 1 aromatic carbocycles. The predicted octanol–water partition coefficient (Wildman–Crippen LogP) is 2.91. The molecule has 22 heavy (non-hydrogen) atoms. The van der Waals surface area contributed by atoms with Crippen LogP contribution in [0.15, 0.2) is 54.4 Å². The first-order valence-corrected chi connectivity index (χ1v) is 7.13. The number of aromatic nitrogens is 2. The molecule has 0 radical (unpaired) electrons. The van der Waals surface area contributed by atoms with Crippen LogP contribution in [0, 0.1) is 11.3 Å². The maximum Gasteiger partial charge on any atom is 0.247 e. The molecular weight excluding hydrogens is 276 g/mol. The van der Waals surface area contributed by atoms with Crippen LogP contribution in [-0.4, -0.2) is 15.7 Å². The molecule has 1 N–H and O–H groups in total. The van der Waals surface area contributed by atoms with Gasteiger partial charge in [0.25, 0.3) is 0 Å². The third-order valence-electron chi connectivity index (χ3n) is 3.23. The summed E-state index contributed by atoms with van der Waals surface area (Å²) in [6.07, 6.45) is 5.96. The number of rotatable bonds is 5. The first kappa shape index (κ1) is 15.5. The lowest BCUT2D eigenvalue weighted by atomic mass is 10.1. The van der Waals surface area contributed by atoms with E-state index in [1.165, 1.54) is 0 Å². The van der Waals surface area contributed by atoms with Crippen molar-refractivity contribution in [2.24, 2.45) is 0 Å². The molecule has 0 saturated heterocycles. The molecule has 1 aromatic heterocycles.